The van der Waals surface area contributed by atoms with Gasteiger partial charge in [0.25, 0.3) is 0 Å². The zero-order chi connectivity index (χ0) is 19.8. The van der Waals surface area contributed by atoms with E-state index in [1.807, 2.05) is 0 Å². The Morgan fingerprint density at radius 1 is 0.655 bits per heavy atom. The molecule has 0 amide bonds. The molecule has 4 aromatic carbocycles. The molecule has 0 atom stereocenters. The lowest BCUT2D eigenvalue weighted by molar-refractivity contribution is 1.18. The van der Waals surface area contributed by atoms with Crippen LogP contribution in [0.5, 0.6) is 0 Å². The number of hydrogen-bond acceptors (Lipinski definition) is 0. The van der Waals surface area contributed by atoms with Crippen molar-refractivity contribution in [2.45, 2.75) is 13.8 Å². The van der Waals surface area contributed by atoms with Crippen LogP contribution in [0.3, 0.4) is 0 Å². The van der Waals surface area contributed by atoms with E-state index in [-0.39, 0.29) is 0 Å². The van der Waals surface area contributed by atoms with Gasteiger partial charge in [-0.05, 0) is 54.8 Å². The minimum absolute atomic E-state index is 1.19. The third-order valence-electron chi connectivity index (χ3n) is 5.52. The predicted octanol–water partition coefficient (Wildman–Crippen LogP) is 7.79. The minimum atomic E-state index is 1.19. The second-order valence-electron chi connectivity index (χ2n) is 7.55. The fourth-order valence-electron chi connectivity index (χ4n) is 4.19. The summed E-state index contributed by atoms with van der Waals surface area (Å²) >= 11 is 0. The normalized spacial score (nSPS) is 11.7. The van der Waals surface area contributed by atoms with Gasteiger partial charge in [0.1, 0.15) is 0 Å². The SMILES string of the molecule is C/C=C/c1ccc2c3ccc(-c4cccc(C)c4)cc3n(-c3ccccc3)c2c1. The molecule has 1 aromatic heterocycles. The first-order chi connectivity index (χ1) is 14.2. The standard InChI is InChI=1S/C28H23N/c1-3-8-21-13-15-25-26-16-14-23(22-10-7-9-20(2)17-22)19-28(26)29(27(25)18-21)24-11-5-4-6-12-24/h3-19H,1-2H3/b8-3+. The molecule has 1 nitrogen and oxygen atoms in total. The maximum Gasteiger partial charge on any atom is 0.0547 e. The lowest BCUT2D eigenvalue weighted by atomic mass is 10.0. The summed E-state index contributed by atoms with van der Waals surface area (Å²) in [6.07, 6.45) is 4.25. The largest absolute Gasteiger partial charge is 0.309 e. The summed E-state index contributed by atoms with van der Waals surface area (Å²) in [5.41, 5.74) is 8.67. The molecule has 1 heteroatoms. The highest BCUT2D eigenvalue weighted by Gasteiger charge is 2.13. The van der Waals surface area contributed by atoms with E-state index >= 15 is 0 Å². The fraction of sp³-hybridized carbons (Fsp3) is 0.0714. The molecule has 0 saturated heterocycles. The summed E-state index contributed by atoms with van der Waals surface area (Å²) in [5, 5.41) is 2.57. The summed E-state index contributed by atoms with van der Waals surface area (Å²) in [4.78, 5) is 0. The predicted molar refractivity (Wildman–Crippen MR) is 126 cm³/mol. The molecule has 140 valence electrons. The molecule has 5 aromatic rings. The number of aryl methyl sites for hydroxylation is 1. The van der Waals surface area contributed by atoms with Crippen LogP contribution in [-0.2, 0) is 0 Å². The molecule has 0 aliphatic carbocycles. The van der Waals surface area contributed by atoms with Crippen molar-refractivity contribution in [2.24, 2.45) is 0 Å². The van der Waals surface area contributed by atoms with Crippen LogP contribution in [0.15, 0.2) is 97.1 Å². The molecular formula is C28H23N. The van der Waals surface area contributed by atoms with Crippen LogP contribution in [0.1, 0.15) is 18.1 Å². The topological polar surface area (TPSA) is 4.93 Å². The molecule has 5 rings (SSSR count). The summed E-state index contributed by atoms with van der Waals surface area (Å²) < 4.78 is 2.39. The summed E-state index contributed by atoms with van der Waals surface area (Å²) in [7, 11) is 0. The van der Waals surface area contributed by atoms with Gasteiger partial charge in [0.05, 0.1) is 11.0 Å². The minimum Gasteiger partial charge on any atom is -0.309 e. The molecular weight excluding hydrogens is 350 g/mol. The zero-order valence-corrected chi connectivity index (χ0v) is 16.8. The number of allylic oxidation sites excluding steroid dienone is 1. The van der Waals surface area contributed by atoms with Gasteiger partial charge >= 0.3 is 0 Å². The highest BCUT2D eigenvalue weighted by Crippen LogP contribution is 2.35. The Morgan fingerprint density at radius 3 is 2.14 bits per heavy atom. The maximum atomic E-state index is 2.39. The summed E-state index contributed by atoms with van der Waals surface area (Å²) in [6.45, 7) is 4.21. The Hall–Kier alpha value is -3.58. The number of fused-ring (bicyclic) bond motifs is 3. The Labute approximate surface area is 171 Å². The van der Waals surface area contributed by atoms with E-state index in [1.165, 1.54) is 49.7 Å². The number of rotatable bonds is 3. The first-order valence-electron chi connectivity index (χ1n) is 10.1. The molecule has 0 bridgehead atoms. The monoisotopic (exact) mass is 373 g/mol. The Kier molecular flexibility index (Phi) is 4.29. The summed E-state index contributed by atoms with van der Waals surface area (Å²) in [5.74, 6) is 0. The molecule has 0 saturated carbocycles. The molecule has 29 heavy (non-hydrogen) atoms. The molecule has 0 N–H and O–H groups in total. The van der Waals surface area contributed by atoms with Crippen LogP contribution in [0, 0.1) is 6.92 Å². The zero-order valence-electron chi connectivity index (χ0n) is 16.8. The Balaban J connectivity index is 1.86. The lowest BCUT2D eigenvalue weighted by Gasteiger charge is -2.09. The number of hydrogen-bond donors (Lipinski definition) is 0. The first kappa shape index (κ1) is 17.5. The highest BCUT2D eigenvalue weighted by molar-refractivity contribution is 6.10. The molecule has 1 heterocycles. The smallest absolute Gasteiger partial charge is 0.0547 e. The van der Waals surface area contributed by atoms with Gasteiger partial charge in [-0.2, -0.15) is 0 Å². The van der Waals surface area contributed by atoms with E-state index < -0.39 is 0 Å². The van der Waals surface area contributed by atoms with Crippen molar-refractivity contribution in [3.8, 4) is 16.8 Å². The number of aromatic nitrogens is 1. The van der Waals surface area contributed by atoms with Gasteiger partial charge in [-0.1, -0.05) is 84.4 Å². The van der Waals surface area contributed by atoms with Gasteiger partial charge in [-0.25, -0.2) is 0 Å². The second kappa shape index (κ2) is 7.10. The van der Waals surface area contributed by atoms with Gasteiger partial charge in [0.15, 0.2) is 0 Å². The van der Waals surface area contributed by atoms with Gasteiger partial charge in [0, 0.05) is 16.5 Å². The lowest BCUT2D eigenvalue weighted by Crippen LogP contribution is -1.93. The molecule has 0 spiro atoms. The summed E-state index contributed by atoms with van der Waals surface area (Å²) in [6, 6.07) is 32.9. The van der Waals surface area contributed by atoms with E-state index in [9.17, 15) is 0 Å². The first-order valence-corrected chi connectivity index (χ1v) is 10.1. The Bertz CT molecular complexity index is 1350. The van der Waals surface area contributed by atoms with Crippen LogP contribution in [-0.4, -0.2) is 4.57 Å². The van der Waals surface area contributed by atoms with Crippen LogP contribution < -0.4 is 0 Å². The second-order valence-corrected chi connectivity index (χ2v) is 7.55. The molecule has 0 unspecified atom stereocenters. The number of nitrogens with zero attached hydrogens (tertiary/aromatic N) is 1. The van der Waals surface area contributed by atoms with Crippen molar-refractivity contribution in [2.75, 3.05) is 0 Å². The van der Waals surface area contributed by atoms with E-state index in [4.69, 9.17) is 0 Å². The van der Waals surface area contributed by atoms with Crippen molar-refractivity contribution < 1.29 is 0 Å². The van der Waals surface area contributed by atoms with E-state index in [0.717, 1.165) is 0 Å². The van der Waals surface area contributed by atoms with Gasteiger partial charge < -0.3 is 4.57 Å². The third-order valence-corrected chi connectivity index (χ3v) is 5.52. The fourth-order valence-corrected chi connectivity index (χ4v) is 4.19. The Morgan fingerprint density at radius 2 is 1.38 bits per heavy atom. The van der Waals surface area contributed by atoms with E-state index in [1.54, 1.807) is 0 Å². The van der Waals surface area contributed by atoms with Gasteiger partial charge in [0.2, 0.25) is 0 Å². The average Bonchev–Trinajstić information content (AvgIpc) is 3.07. The van der Waals surface area contributed by atoms with Gasteiger partial charge in [-0.15, -0.1) is 0 Å². The van der Waals surface area contributed by atoms with Crippen LogP contribution >= 0.6 is 0 Å². The highest BCUT2D eigenvalue weighted by atomic mass is 15.0. The molecule has 0 fully saturated rings. The average molecular weight is 373 g/mol. The van der Waals surface area contributed by atoms with Gasteiger partial charge in [-0.3, -0.25) is 0 Å². The number of para-hydroxylation sites is 1. The molecule has 0 aliphatic rings. The van der Waals surface area contributed by atoms with Crippen LogP contribution in [0.25, 0.3) is 44.7 Å². The van der Waals surface area contributed by atoms with Crippen molar-refractivity contribution in [3.05, 3.63) is 108 Å². The third kappa shape index (κ3) is 3.05. The van der Waals surface area contributed by atoms with Crippen molar-refractivity contribution in [3.63, 3.8) is 0 Å². The van der Waals surface area contributed by atoms with Crippen molar-refractivity contribution >= 4 is 27.9 Å². The quantitative estimate of drug-likeness (QED) is 0.304. The molecule has 0 radical (unpaired) electrons. The van der Waals surface area contributed by atoms with Crippen molar-refractivity contribution in [1.82, 2.24) is 4.57 Å². The number of benzene rings is 4. The van der Waals surface area contributed by atoms with Crippen LogP contribution in [0.2, 0.25) is 0 Å². The molecule has 0 aliphatic heterocycles. The van der Waals surface area contributed by atoms with E-state index in [0.29, 0.717) is 0 Å². The van der Waals surface area contributed by atoms with Crippen LogP contribution in [0.4, 0.5) is 0 Å². The van der Waals surface area contributed by atoms with E-state index in [2.05, 4.69) is 122 Å². The van der Waals surface area contributed by atoms with Crippen molar-refractivity contribution in [1.29, 1.82) is 0 Å². The maximum absolute atomic E-state index is 2.39.